The standard InChI is InChI=1S/C28H30N4O2/c1-5-31-24(25(33)30-28(2,3)4)22-18-12-13-19-23(22)29-27(31)32(21-16-10-7-11-17-21)26(34)20-14-8-6-9-15-20/h6-19,24H,5H2,1-4H3,(H,30,33). The number of amides is 2. The van der Waals surface area contributed by atoms with Crippen LogP contribution in [0.2, 0.25) is 0 Å². The third-order valence-corrected chi connectivity index (χ3v) is 5.55. The van der Waals surface area contributed by atoms with E-state index in [1.165, 1.54) is 0 Å². The Labute approximate surface area is 200 Å². The van der Waals surface area contributed by atoms with Gasteiger partial charge in [0.05, 0.1) is 11.4 Å². The minimum absolute atomic E-state index is 0.130. The van der Waals surface area contributed by atoms with Gasteiger partial charge in [0.15, 0.2) is 0 Å². The minimum atomic E-state index is -0.622. The number of likely N-dealkylation sites (N-methyl/N-ethyl adjacent to an activating group) is 1. The van der Waals surface area contributed by atoms with Crippen LogP contribution in [-0.4, -0.2) is 34.8 Å². The highest BCUT2D eigenvalue weighted by Gasteiger charge is 2.39. The van der Waals surface area contributed by atoms with Gasteiger partial charge in [-0.2, -0.15) is 0 Å². The Morgan fingerprint density at radius 3 is 2.12 bits per heavy atom. The summed E-state index contributed by atoms with van der Waals surface area (Å²) in [6.45, 7) is 8.33. The Hall–Kier alpha value is -3.93. The number of nitrogens with one attached hydrogen (secondary N) is 1. The van der Waals surface area contributed by atoms with Gasteiger partial charge in [0, 0.05) is 23.2 Å². The van der Waals surface area contributed by atoms with Crippen LogP contribution in [0.5, 0.6) is 0 Å². The van der Waals surface area contributed by atoms with Gasteiger partial charge in [-0.3, -0.25) is 9.59 Å². The van der Waals surface area contributed by atoms with Crippen LogP contribution in [0.25, 0.3) is 0 Å². The number of para-hydroxylation sites is 2. The Kier molecular flexibility index (Phi) is 6.50. The molecule has 0 saturated carbocycles. The van der Waals surface area contributed by atoms with Gasteiger partial charge in [-0.1, -0.05) is 54.6 Å². The maximum atomic E-state index is 13.8. The quantitative estimate of drug-likeness (QED) is 0.581. The fraction of sp³-hybridized carbons (Fsp3) is 0.250. The predicted molar refractivity (Wildman–Crippen MR) is 136 cm³/mol. The van der Waals surface area contributed by atoms with E-state index in [1.54, 1.807) is 17.0 Å². The molecule has 1 heterocycles. The molecule has 3 aromatic rings. The maximum Gasteiger partial charge on any atom is 0.265 e. The molecule has 34 heavy (non-hydrogen) atoms. The number of nitrogens with zero attached hydrogens (tertiary/aromatic N) is 3. The molecule has 0 bridgehead atoms. The van der Waals surface area contributed by atoms with Crippen molar-refractivity contribution in [3.05, 3.63) is 96.1 Å². The molecule has 0 saturated heterocycles. The second kappa shape index (κ2) is 9.51. The second-order valence-electron chi connectivity index (χ2n) is 9.24. The molecule has 0 aromatic heterocycles. The summed E-state index contributed by atoms with van der Waals surface area (Å²) in [6.07, 6.45) is 0. The van der Waals surface area contributed by atoms with Crippen LogP contribution in [-0.2, 0) is 4.79 Å². The van der Waals surface area contributed by atoms with Crippen LogP contribution in [0.3, 0.4) is 0 Å². The Bertz CT molecular complexity index is 1200. The lowest BCUT2D eigenvalue weighted by atomic mass is 9.98. The van der Waals surface area contributed by atoms with Crippen LogP contribution in [0, 0.1) is 0 Å². The number of benzene rings is 3. The number of fused-ring (bicyclic) bond motifs is 1. The van der Waals surface area contributed by atoms with Crippen LogP contribution < -0.4 is 10.2 Å². The maximum absolute atomic E-state index is 13.8. The third kappa shape index (κ3) is 4.71. The summed E-state index contributed by atoms with van der Waals surface area (Å²) in [7, 11) is 0. The van der Waals surface area contributed by atoms with Gasteiger partial charge in [0.1, 0.15) is 6.04 Å². The SMILES string of the molecule is CCN1C(N(C(=O)c2ccccc2)c2ccccc2)=Nc2ccccc2C1C(=O)NC(C)(C)C. The van der Waals surface area contributed by atoms with E-state index < -0.39 is 11.6 Å². The molecule has 6 nitrogen and oxygen atoms in total. The lowest BCUT2D eigenvalue weighted by molar-refractivity contribution is -0.126. The zero-order chi connectivity index (χ0) is 24.3. The summed E-state index contributed by atoms with van der Waals surface area (Å²) in [5.41, 5.74) is 2.31. The van der Waals surface area contributed by atoms with E-state index in [4.69, 9.17) is 4.99 Å². The van der Waals surface area contributed by atoms with Gasteiger partial charge in [-0.25, -0.2) is 9.89 Å². The number of hydrogen-bond acceptors (Lipinski definition) is 4. The van der Waals surface area contributed by atoms with Crippen LogP contribution >= 0.6 is 0 Å². The first-order valence-corrected chi connectivity index (χ1v) is 11.5. The number of rotatable bonds is 4. The van der Waals surface area contributed by atoms with Crippen LogP contribution in [0.1, 0.15) is 49.7 Å². The van der Waals surface area contributed by atoms with Crippen molar-refractivity contribution in [2.24, 2.45) is 4.99 Å². The van der Waals surface area contributed by atoms with Crippen molar-refractivity contribution < 1.29 is 9.59 Å². The summed E-state index contributed by atoms with van der Waals surface area (Å²) in [4.78, 5) is 35.8. The Morgan fingerprint density at radius 1 is 0.912 bits per heavy atom. The summed E-state index contributed by atoms with van der Waals surface area (Å²) in [5, 5.41) is 3.12. The highest BCUT2D eigenvalue weighted by molar-refractivity contribution is 6.23. The van der Waals surface area contributed by atoms with E-state index in [1.807, 2.05) is 105 Å². The molecule has 0 aliphatic carbocycles. The van der Waals surface area contributed by atoms with Gasteiger partial charge in [0.2, 0.25) is 11.9 Å². The number of hydrogen-bond donors (Lipinski definition) is 1. The van der Waals surface area contributed by atoms with Gasteiger partial charge in [-0.05, 0) is 58.0 Å². The van der Waals surface area contributed by atoms with Gasteiger partial charge >= 0.3 is 0 Å². The van der Waals surface area contributed by atoms with Crippen LogP contribution in [0.15, 0.2) is 89.9 Å². The van der Waals surface area contributed by atoms with Crippen molar-refractivity contribution in [2.75, 3.05) is 11.4 Å². The average molecular weight is 455 g/mol. The van der Waals surface area contributed by atoms with Crippen molar-refractivity contribution in [3.63, 3.8) is 0 Å². The molecule has 1 unspecified atom stereocenters. The molecule has 1 aliphatic rings. The first-order valence-electron chi connectivity index (χ1n) is 11.5. The highest BCUT2D eigenvalue weighted by Crippen LogP contribution is 2.37. The second-order valence-corrected chi connectivity index (χ2v) is 9.24. The van der Waals surface area contributed by atoms with Gasteiger partial charge < -0.3 is 10.2 Å². The smallest absolute Gasteiger partial charge is 0.265 e. The van der Waals surface area contributed by atoms with Crippen molar-refractivity contribution in [2.45, 2.75) is 39.3 Å². The largest absolute Gasteiger partial charge is 0.349 e. The molecule has 1 atom stereocenters. The summed E-state index contributed by atoms with van der Waals surface area (Å²) in [5.74, 6) is 0.0862. The first kappa shape index (κ1) is 23.2. The Balaban J connectivity index is 1.89. The highest BCUT2D eigenvalue weighted by atomic mass is 16.2. The fourth-order valence-electron chi connectivity index (χ4n) is 4.11. The number of carbonyl (C=O) groups is 2. The minimum Gasteiger partial charge on any atom is -0.349 e. The number of carbonyl (C=O) groups excluding carboxylic acids is 2. The van der Waals surface area contributed by atoms with Crippen LogP contribution in [0.4, 0.5) is 11.4 Å². The van der Waals surface area contributed by atoms with Crippen molar-refractivity contribution in [3.8, 4) is 0 Å². The molecule has 0 spiro atoms. The molecule has 3 aromatic carbocycles. The molecule has 0 fully saturated rings. The molecular weight excluding hydrogens is 424 g/mol. The van der Waals surface area contributed by atoms with E-state index in [-0.39, 0.29) is 11.8 Å². The molecule has 6 heteroatoms. The zero-order valence-electron chi connectivity index (χ0n) is 20.0. The van der Waals surface area contributed by atoms with Crippen molar-refractivity contribution in [1.29, 1.82) is 0 Å². The summed E-state index contributed by atoms with van der Waals surface area (Å²) < 4.78 is 0. The first-order chi connectivity index (χ1) is 16.3. The van der Waals surface area contributed by atoms with E-state index >= 15 is 0 Å². The van der Waals surface area contributed by atoms with Crippen molar-refractivity contribution >= 4 is 29.1 Å². The predicted octanol–water partition coefficient (Wildman–Crippen LogP) is 5.31. The Morgan fingerprint density at radius 2 is 1.50 bits per heavy atom. The van der Waals surface area contributed by atoms with E-state index in [0.717, 1.165) is 5.56 Å². The van der Waals surface area contributed by atoms with Gasteiger partial charge in [-0.15, -0.1) is 0 Å². The topological polar surface area (TPSA) is 65.0 Å². The van der Waals surface area contributed by atoms with Gasteiger partial charge in [0.25, 0.3) is 5.91 Å². The molecule has 1 aliphatic heterocycles. The van der Waals surface area contributed by atoms with E-state index in [2.05, 4.69) is 5.32 Å². The number of anilines is 1. The zero-order valence-corrected chi connectivity index (χ0v) is 20.0. The average Bonchev–Trinajstić information content (AvgIpc) is 2.83. The third-order valence-electron chi connectivity index (χ3n) is 5.55. The fourth-order valence-corrected chi connectivity index (χ4v) is 4.11. The summed E-state index contributed by atoms with van der Waals surface area (Å²) >= 11 is 0. The molecular formula is C28H30N4O2. The monoisotopic (exact) mass is 454 g/mol. The molecule has 0 radical (unpaired) electrons. The summed E-state index contributed by atoms with van der Waals surface area (Å²) in [6, 6.07) is 25.6. The molecule has 2 amide bonds. The normalized spacial score (nSPS) is 15.2. The van der Waals surface area contributed by atoms with E-state index in [0.29, 0.717) is 29.4 Å². The lowest BCUT2D eigenvalue weighted by Gasteiger charge is -2.41. The molecule has 4 rings (SSSR count). The van der Waals surface area contributed by atoms with E-state index in [9.17, 15) is 9.59 Å². The molecule has 1 N–H and O–H groups in total. The van der Waals surface area contributed by atoms with Crippen molar-refractivity contribution in [1.82, 2.24) is 10.2 Å². The number of aliphatic imine (C=N–C) groups is 1. The number of guanidine groups is 1. The molecule has 174 valence electrons. The lowest BCUT2D eigenvalue weighted by Crippen LogP contribution is -2.55.